The van der Waals surface area contributed by atoms with Crippen LogP contribution in [0, 0.1) is 5.82 Å². The van der Waals surface area contributed by atoms with E-state index in [-0.39, 0.29) is 0 Å². The Balaban J connectivity index is 1.74. The monoisotopic (exact) mass is 377 g/mol. The number of benzene rings is 3. The Bertz CT molecular complexity index is 888. The van der Waals surface area contributed by atoms with Crippen molar-refractivity contribution in [2.45, 2.75) is 18.9 Å². The molecule has 1 unspecified atom stereocenters. The SMILES string of the molecule is CC(OC(=O)C(c1ccccc1)c1ccccc1)C(=O)Nc1ccc(F)cc1. The van der Waals surface area contributed by atoms with Gasteiger partial charge in [0.05, 0.1) is 0 Å². The number of anilines is 1. The first-order valence-electron chi connectivity index (χ1n) is 8.91. The van der Waals surface area contributed by atoms with E-state index >= 15 is 0 Å². The van der Waals surface area contributed by atoms with Crippen molar-refractivity contribution in [2.75, 3.05) is 5.32 Å². The van der Waals surface area contributed by atoms with Gasteiger partial charge in [-0.25, -0.2) is 4.39 Å². The van der Waals surface area contributed by atoms with Crippen molar-refractivity contribution in [3.8, 4) is 0 Å². The molecule has 3 aromatic carbocycles. The van der Waals surface area contributed by atoms with Gasteiger partial charge in [0.1, 0.15) is 11.7 Å². The number of carbonyl (C=O) groups is 2. The van der Waals surface area contributed by atoms with Crippen LogP contribution in [-0.2, 0) is 14.3 Å². The quantitative estimate of drug-likeness (QED) is 0.642. The molecule has 0 spiro atoms. The lowest BCUT2D eigenvalue weighted by atomic mass is 9.91. The Morgan fingerprint density at radius 3 is 1.82 bits per heavy atom. The molecular formula is C23H20FNO3. The third-order valence-electron chi connectivity index (χ3n) is 4.28. The van der Waals surface area contributed by atoms with Crippen LogP contribution in [0.3, 0.4) is 0 Å². The molecule has 1 amide bonds. The maximum Gasteiger partial charge on any atom is 0.318 e. The van der Waals surface area contributed by atoms with Gasteiger partial charge in [0.2, 0.25) is 0 Å². The Morgan fingerprint density at radius 2 is 1.32 bits per heavy atom. The summed E-state index contributed by atoms with van der Waals surface area (Å²) in [4.78, 5) is 25.3. The van der Waals surface area contributed by atoms with Gasteiger partial charge in [-0.05, 0) is 42.3 Å². The minimum Gasteiger partial charge on any atom is -0.452 e. The number of ether oxygens (including phenoxy) is 1. The summed E-state index contributed by atoms with van der Waals surface area (Å²) in [5, 5.41) is 2.61. The summed E-state index contributed by atoms with van der Waals surface area (Å²) in [7, 11) is 0. The third kappa shape index (κ3) is 4.82. The van der Waals surface area contributed by atoms with Crippen LogP contribution in [0.2, 0.25) is 0 Å². The summed E-state index contributed by atoms with van der Waals surface area (Å²) in [5.41, 5.74) is 1.99. The number of esters is 1. The molecule has 0 bridgehead atoms. The van der Waals surface area contributed by atoms with E-state index in [0.717, 1.165) is 11.1 Å². The number of halogens is 1. The van der Waals surface area contributed by atoms with Crippen LogP contribution in [0.4, 0.5) is 10.1 Å². The first-order chi connectivity index (χ1) is 13.5. The first-order valence-corrected chi connectivity index (χ1v) is 8.91. The summed E-state index contributed by atoms with van der Waals surface area (Å²) in [6, 6.07) is 23.9. The largest absolute Gasteiger partial charge is 0.452 e. The second-order valence-corrected chi connectivity index (χ2v) is 6.33. The normalized spacial score (nSPS) is 11.7. The Labute approximate surface area is 163 Å². The van der Waals surface area contributed by atoms with Gasteiger partial charge in [-0.15, -0.1) is 0 Å². The van der Waals surface area contributed by atoms with Crippen LogP contribution in [-0.4, -0.2) is 18.0 Å². The predicted molar refractivity (Wildman–Crippen MR) is 105 cm³/mol. The molecule has 0 aromatic heterocycles. The van der Waals surface area contributed by atoms with Gasteiger partial charge in [0, 0.05) is 5.69 Å². The van der Waals surface area contributed by atoms with Crippen LogP contribution >= 0.6 is 0 Å². The molecule has 1 N–H and O–H groups in total. The molecule has 0 aliphatic heterocycles. The molecule has 28 heavy (non-hydrogen) atoms. The number of hydrogen-bond donors (Lipinski definition) is 1. The van der Waals surface area contributed by atoms with E-state index in [1.165, 1.54) is 31.2 Å². The summed E-state index contributed by atoms with van der Waals surface area (Å²) in [6.45, 7) is 1.50. The van der Waals surface area contributed by atoms with Crippen molar-refractivity contribution >= 4 is 17.6 Å². The second kappa shape index (κ2) is 8.95. The van der Waals surface area contributed by atoms with E-state index in [9.17, 15) is 14.0 Å². The van der Waals surface area contributed by atoms with E-state index in [1.807, 2.05) is 60.7 Å². The number of rotatable bonds is 6. The molecule has 0 saturated heterocycles. The smallest absolute Gasteiger partial charge is 0.318 e. The summed E-state index contributed by atoms with van der Waals surface area (Å²) in [6.07, 6.45) is -1.01. The molecule has 0 fully saturated rings. The number of carbonyl (C=O) groups excluding carboxylic acids is 2. The molecule has 0 aliphatic rings. The molecule has 4 nitrogen and oxygen atoms in total. The van der Waals surface area contributed by atoms with Crippen molar-refractivity contribution in [1.82, 2.24) is 0 Å². The fraction of sp³-hybridized carbons (Fsp3) is 0.130. The zero-order valence-electron chi connectivity index (χ0n) is 15.3. The van der Waals surface area contributed by atoms with Crippen LogP contribution < -0.4 is 5.32 Å². The minimum absolute atomic E-state index is 0.397. The Morgan fingerprint density at radius 1 is 0.821 bits per heavy atom. The highest BCUT2D eigenvalue weighted by Gasteiger charge is 2.27. The Kier molecular flexibility index (Phi) is 6.17. The summed E-state index contributed by atoms with van der Waals surface area (Å²) >= 11 is 0. The standard InChI is InChI=1S/C23H20FNO3/c1-16(22(26)25-20-14-12-19(24)13-15-20)28-23(27)21(17-8-4-2-5-9-17)18-10-6-3-7-11-18/h2-16,21H,1H3,(H,25,26). The van der Waals surface area contributed by atoms with Gasteiger partial charge in [-0.3, -0.25) is 9.59 Å². The van der Waals surface area contributed by atoms with Gasteiger partial charge < -0.3 is 10.1 Å². The van der Waals surface area contributed by atoms with Gasteiger partial charge in [0.15, 0.2) is 6.10 Å². The van der Waals surface area contributed by atoms with Crippen molar-refractivity contribution in [1.29, 1.82) is 0 Å². The maximum atomic E-state index is 13.0. The van der Waals surface area contributed by atoms with E-state index in [1.54, 1.807) is 0 Å². The Hall–Kier alpha value is -3.47. The number of amides is 1. The lowest BCUT2D eigenvalue weighted by Gasteiger charge is -2.20. The average molecular weight is 377 g/mol. The molecule has 3 rings (SSSR count). The fourth-order valence-corrected chi connectivity index (χ4v) is 2.83. The molecule has 5 heteroatoms. The van der Waals surface area contributed by atoms with Gasteiger partial charge in [-0.1, -0.05) is 60.7 Å². The van der Waals surface area contributed by atoms with Gasteiger partial charge in [-0.2, -0.15) is 0 Å². The molecule has 3 aromatic rings. The lowest BCUT2D eigenvalue weighted by Crippen LogP contribution is -2.32. The number of nitrogens with one attached hydrogen (secondary N) is 1. The predicted octanol–water partition coefficient (Wildman–Crippen LogP) is 4.53. The van der Waals surface area contributed by atoms with E-state index in [0.29, 0.717) is 5.69 Å². The van der Waals surface area contributed by atoms with Crippen LogP contribution in [0.25, 0.3) is 0 Å². The average Bonchev–Trinajstić information content (AvgIpc) is 2.71. The first kappa shape index (κ1) is 19.3. The van der Waals surface area contributed by atoms with Crippen LogP contribution in [0.5, 0.6) is 0 Å². The van der Waals surface area contributed by atoms with E-state index < -0.39 is 29.7 Å². The van der Waals surface area contributed by atoms with Crippen molar-refractivity contribution in [3.63, 3.8) is 0 Å². The van der Waals surface area contributed by atoms with E-state index in [4.69, 9.17) is 4.74 Å². The molecule has 0 heterocycles. The van der Waals surface area contributed by atoms with Gasteiger partial charge in [0.25, 0.3) is 5.91 Å². The minimum atomic E-state index is -1.01. The molecule has 1 atom stereocenters. The van der Waals surface area contributed by atoms with Gasteiger partial charge >= 0.3 is 5.97 Å². The summed E-state index contributed by atoms with van der Waals surface area (Å²) < 4.78 is 18.4. The highest BCUT2D eigenvalue weighted by Crippen LogP contribution is 2.26. The maximum absolute atomic E-state index is 13.0. The van der Waals surface area contributed by atoms with Crippen LogP contribution in [0.1, 0.15) is 24.0 Å². The van der Waals surface area contributed by atoms with Crippen LogP contribution in [0.15, 0.2) is 84.9 Å². The summed E-state index contributed by atoms with van der Waals surface area (Å²) in [5.74, 6) is -2.03. The molecule has 0 saturated carbocycles. The zero-order chi connectivity index (χ0) is 19.9. The molecule has 0 aliphatic carbocycles. The highest BCUT2D eigenvalue weighted by molar-refractivity contribution is 5.95. The van der Waals surface area contributed by atoms with Crippen molar-refractivity contribution in [2.24, 2.45) is 0 Å². The fourth-order valence-electron chi connectivity index (χ4n) is 2.83. The van der Waals surface area contributed by atoms with Crippen molar-refractivity contribution in [3.05, 3.63) is 102 Å². The molecule has 142 valence electrons. The zero-order valence-corrected chi connectivity index (χ0v) is 15.3. The number of hydrogen-bond acceptors (Lipinski definition) is 3. The molecular weight excluding hydrogens is 357 g/mol. The van der Waals surface area contributed by atoms with E-state index in [2.05, 4.69) is 5.32 Å². The lowest BCUT2D eigenvalue weighted by molar-refractivity contribution is -0.153. The van der Waals surface area contributed by atoms with Crippen molar-refractivity contribution < 1.29 is 18.7 Å². The second-order valence-electron chi connectivity index (χ2n) is 6.33. The third-order valence-corrected chi connectivity index (χ3v) is 4.28. The highest BCUT2D eigenvalue weighted by atomic mass is 19.1. The topological polar surface area (TPSA) is 55.4 Å². The molecule has 0 radical (unpaired) electrons.